The van der Waals surface area contributed by atoms with Crippen molar-refractivity contribution in [2.24, 2.45) is 5.92 Å². The molecular weight excluding hydrogens is 196 g/mol. The Morgan fingerprint density at radius 1 is 1.27 bits per heavy atom. The van der Waals surface area contributed by atoms with Crippen LogP contribution in [-0.4, -0.2) is 59.5 Å². The van der Waals surface area contributed by atoms with Gasteiger partial charge >= 0.3 is 11.8 Å². The maximum absolute atomic E-state index is 11.5. The quantitative estimate of drug-likeness (QED) is 0.632. The highest BCUT2D eigenvalue weighted by atomic mass is 16.3. The molecule has 1 N–H and O–H groups in total. The second kappa shape index (κ2) is 4.61. The molecule has 5 nitrogen and oxygen atoms in total. The number of amides is 2. The van der Waals surface area contributed by atoms with E-state index in [1.807, 2.05) is 13.8 Å². The minimum absolute atomic E-state index is 0.0903. The average Bonchev–Trinajstić information content (AvgIpc) is 2.18. The smallest absolute Gasteiger partial charge is 0.312 e. The lowest BCUT2D eigenvalue weighted by atomic mass is 10.1. The maximum Gasteiger partial charge on any atom is 0.312 e. The number of nitrogens with zero attached hydrogens (tertiary/aromatic N) is 2. The Hall–Kier alpha value is -1.10. The maximum atomic E-state index is 11.5. The van der Waals surface area contributed by atoms with Gasteiger partial charge in [-0.05, 0) is 5.92 Å². The SMILES string of the molecule is CC(C)C(O)CN1CCN(C)C(=O)C1=O. The Balaban J connectivity index is 2.57. The highest BCUT2D eigenvalue weighted by Gasteiger charge is 2.31. The molecule has 0 aromatic carbocycles. The van der Waals surface area contributed by atoms with Gasteiger partial charge in [-0.3, -0.25) is 9.59 Å². The van der Waals surface area contributed by atoms with Crippen LogP contribution in [0.25, 0.3) is 0 Å². The van der Waals surface area contributed by atoms with Crippen LogP contribution in [0.15, 0.2) is 0 Å². The monoisotopic (exact) mass is 214 g/mol. The van der Waals surface area contributed by atoms with Crippen LogP contribution in [0.4, 0.5) is 0 Å². The molecule has 1 saturated heterocycles. The van der Waals surface area contributed by atoms with Crippen LogP contribution in [-0.2, 0) is 9.59 Å². The highest BCUT2D eigenvalue weighted by molar-refractivity contribution is 6.35. The van der Waals surface area contributed by atoms with E-state index in [1.165, 1.54) is 9.80 Å². The predicted octanol–water partition coefficient (Wildman–Crippen LogP) is -0.696. The van der Waals surface area contributed by atoms with Crippen molar-refractivity contribution in [2.75, 3.05) is 26.7 Å². The van der Waals surface area contributed by atoms with Gasteiger partial charge in [0.25, 0.3) is 0 Å². The Morgan fingerprint density at radius 2 is 1.87 bits per heavy atom. The molecule has 0 aliphatic carbocycles. The van der Waals surface area contributed by atoms with Crippen LogP contribution >= 0.6 is 0 Å². The van der Waals surface area contributed by atoms with Crippen LogP contribution in [0.5, 0.6) is 0 Å². The standard InChI is InChI=1S/C10H18N2O3/c1-7(2)8(13)6-12-5-4-11(3)9(14)10(12)15/h7-8,13H,4-6H2,1-3H3. The van der Waals surface area contributed by atoms with Gasteiger partial charge < -0.3 is 14.9 Å². The number of carbonyl (C=O) groups is 2. The van der Waals surface area contributed by atoms with E-state index < -0.39 is 17.9 Å². The van der Waals surface area contributed by atoms with Gasteiger partial charge in [0.1, 0.15) is 0 Å². The molecule has 15 heavy (non-hydrogen) atoms. The third kappa shape index (κ3) is 2.68. The average molecular weight is 214 g/mol. The largest absolute Gasteiger partial charge is 0.391 e. The first kappa shape index (κ1) is 12.0. The first-order valence-electron chi connectivity index (χ1n) is 5.16. The minimum Gasteiger partial charge on any atom is -0.391 e. The van der Waals surface area contributed by atoms with Crippen molar-refractivity contribution < 1.29 is 14.7 Å². The van der Waals surface area contributed by atoms with Gasteiger partial charge in [-0.25, -0.2) is 0 Å². The fraction of sp³-hybridized carbons (Fsp3) is 0.800. The Labute approximate surface area is 89.7 Å². The third-order valence-corrected chi connectivity index (χ3v) is 2.70. The molecule has 0 spiro atoms. The lowest BCUT2D eigenvalue weighted by molar-refractivity contribution is -0.156. The molecule has 1 unspecified atom stereocenters. The number of aliphatic hydroxyl groups is 1. The van der Waals surface area contributed by atoms with E-state index in [0.29, 0.717) is 13.1 Å². The summed E-state index contributed by atoms with van der Waals surface area (Å²) in [4.78, 5) is 25.7. The first-order chi connectivity index (χ1) is 6.93. The van der Waals surface area contributed by atoms with E-state index in [1.54, 1.807) is 7.05 Å². The normalized spacial score (nSPS) is 20.1. The van der Waals surface area contributed by atoms with Crippen molar-refractivity contribution in [3.05, 3.63) is 0 Å². The molecular formula is C10H18N2O3. The summed E-state index contributed by atoms with van der Waals surface area (Å²) in [5.41, 5.74) is 0. The van der Waals surface area contributed by atoms with Crippen LogP contribution in [0.3, 0.4) is 0 Å². The highest BCUT2D eigenvalue weighted by Crippen LogP contribution is 2.08. The molecule has 1 aliphatic rings. The number of hydrogen-bond donors (Lipinski definition) is 1. The number of carbonyl (C=O) groups excluding carboxylic acids is 2. The lowest BCUT2D eigenvalue weighted by Crippen LogP contribution is -2.54. The van der Waals surface area contributed by atoms with E-state index in [2.05, 4.69) is 0 Å². The zero-order chi connectivity index (χ0) is 11.6. The van der Waals surface area contributed by atoms with Crippen LogP contribution < -0.4 is 0 Å². The number of aliphatic hydroxyl groups excluding tert-OH is 1. The fourth-order valence-electron chi connectivity index (χ4n) is 1.38. The summed E-state index contributed by atoms with van der Waals surface area (Å²) < 4.78 is 0. The molecule has 0 radical (unpaired) electrons. The Morgan fingerprint density at radius 3 is 2.40 bits per heavy atom. The summed E-state index contributed by atoms with van der Waals surface area (Å²) in [5.74, 6) is -0.909. The van der Waals surface area contributed by atoms with Crippen molar-refractivity contribution in [3.63, 3.8) is 0 Å². The van der Waals surface area contributed by atoms with Gasteiger partial charge in [0, 0.05) is 26.7 Å². The molecule has 1 fully saturated rings. The third-order valence-electron chi connectivity index (χ3n) is 2.70. The zero-order valence-electron chi connectivity index (χ0n) is 9.43. The predicted molar refractivity (Wildman–Crippen MR) is 55.1 cm³/mol. The molecule has 1 aliphatic heterocycles. The molecule has 0 aromatic heterocycles. The molecule has 1 heterocycles. The number of β-amino-alcohol motifs (C(OH)–C–C–N with tert-alkyl or cyclic N) is 1. The van der Waals surface area contributed by atoms with E-state index in [0.717, 1.165) is 0 Å². The Bertz CT molecular complexity index is 265. The first-order valence-corrected chi connectivity index (χ1v) is 5.16. The van der Waals surface area contributed by atoms with Crippen LogP contribution in [0.1, 0.15) is 13.8 Å². The van der Waals surface area contributed by atoms with Gasteiger partial charge in [-0.1, -0.05) is 13.8 Å². The van der Waals surface area contributed by atoms with E-state index >= 15 is 0 Å². The Kier molecular flexibility index (Phi) is 3.68. The second-order valence-electron chi connectivity index (χ2n) is 4.29. The molecule has 5 heteroatoms. The number of likely N-dealkylation sites (N-methyl/N-ethyl adjacent to an activating group) is 1. The summed E-state index contributed by atoms with van der Waals surface area (Å²) in [5, 5.41) is 9.63. The summed E-state index contributed by atoms with van der Waals surface area (Å²) >= 11 is 0. The van der Waals surface area contributed by atoms with Crippen molar-refractivity contribution in [1.29, 1.82) is 0 Å². The van der Waals surface area contributed by atoms with Crippen LogP contribution in [0.2, 0.25) is 0 Å². The number of rotatable bonds is 3. The minimum atomic E-state index is -0.565. The second-order valence-corrected chi connectivity index (χ2v) is 4.29. The van der Waals surface area contributed by atoms with Crippen molar-refractivity contribution in [3.8, 4) is 0 Å². The summed E-state index contributed by atoms with van der Waals surface area (Å²) in [6.07, 6.45) is -0.565. The van der Waals surface area contributed by atoms with Gasteiger partial charge in [0.15, 0.2) is 0 Å². The fourth-order valence-corrected chi connectivity index (χ4v) is 1.38. The van der Waals surface area contributed by atoms with Gasteiger partial charge in [0.2, 0.25) is 0 Å². The van der Waals surface area contributed by atoms with Gasteiger partial charge in [-0.15, -0.1) is 0 Å². The molecule has 1 atom stereocenters. The molecule has 0 saturated carbocycles. The van der Waals surface area contributed by atoms with E-state index in [4.69, 9.17) is 0 Å². The van der Waals surface area contributed by atoms with Gasteiger partial charge in [-0.2, -0.15) is 0 Å². The molecule has 0 bridgehead atoms. The molecule has 2 amide bonds. The summed E-state index contributed by atoms with van der Waals surface area (Å²) in [6.45, 7) is 5.05. The van der Waals surface area contributed by atoms with Crippen molar-refractivity contribution >= 4 is 11.8 Å². The van der Waals surface area contributed by atoms with Crippen molar-refractivity contribution in [1.82, 2.24) is 9.80 Å². The van der Waals surface area contributed by atoms with E-state index in [-0.39, 0.29) is 12.5 Å². The molecule has 0 aromatic rings. The number of piperazine rings is 1. The van der Waals surface area contributed by atoms with Crippen molar-refractivity contribution in [2.45, 2.75) is 20.0 Å². The lowest BCUT2D eigenvalue weighted by Gasteiger charge is -2.33. The number of hydrogen-bond acceptors (Lipinski definition) is 3. The molecule has 86 valence electrons. The van der Waals surface area contributed by atoms with Gasteiger partial charge in [0.05, 0.1) is 6.10 Å². The molecule has 1 rings (SSSR count). The zero-order valence-corrected chi connectivity index (χ0v) is 9.43. The summed E-state index contributed by atoms with van der Waals surface area (Å²) in [6, 6.07) is 0. The topological polar surface area (TPSA) is 60.9 Å². The summed E-state index contributed by atoms with van der Waals surface area (Å²) in [7, 11) is 1.61. The van der Waals surface area contributed by atoms with E-state index in [9.17, 15) is 14.7 Å². The van der Waals surface area contributed by atoms with Crippen LogP contribution in [0, 0.1) is 5.92 Å².